The summed E-state index contributed by atoms with van der Waals surface area (Å²) < 4.78 is 5.43. The second kappa shape index (κ2) is 5.03. The molecule has 2 heteroatoms. The van der Waals surface area contributed by atoms with Gasteiger partial charge in [0.25, 0.3) is 0 Å². The van der Waals surface area contributed by atoms with Gasteiger partial charge >= 0.3 is 5.97 Å². The fraction of sp³-hybridized carbons (Fsp3) is 0.316. The van der Waals surface area contributed by atoms with Crippen molar-refractivity contribution in [2.45, 2.75) is 40.0 Å². The Hall–Kier alpha value is -2.09. The van der Waals surface area contributed by atoms with Crippen LogP contribution >= 0.6 is 0 Å². The van der Waals surface area contributed by atoms with Crippen LogP contribution < -0.4 is 4.74 Å². The van der Waals surface area contributed by atoms with Crippen molar-refractivity contribution in [2.24, 2.45) is 0 Å². The lowest BCUT2D eigenvalue weighted by molar-refractivity contribution is -0.135. The second-order valence-corrected chi connectivity index (χ2v) is 6.05. The number of hydrogen-bond donors (Lipinski definition) is 0. The maximum atomic E-state index is 11.9. The molecule has 108 valence electrons. The highest BCUT2D eigenvalue weighted by Crippen LogP contribution is 2.40. The molecular formula is C19H20O2. The van der Waals surface area contributed by atoms with Gasteiger partial charge in [-0.25, -0.2) is 0 Å². The van der Waals surface area contributed by atoms with Gasteiger partial charge in [0, 0.05) is 11.5 Å². The van der Waals surface area contributed by atoms with Crippen LogP contribution in [0.3, 0.4) is 0 Å². The van der Waals surface area contributed by atoms with Gasteiger partial charge in [-0.2, -0.15) is 0 Å². The molecular weight excluding hydrogens is 260 g/mol. The molecule has 0 spiro atoms. The first-order valence-electron chi connectivity index (χ1n) is 7.34. The van der Waals surface area contributed by atoms with Crippen LogP contribution in [0.1, 0.15) is 45.7 Å². The Bertz CT molecular complexity index is 729. The second-order valence-electron chi connectivity index (χ2n) is 6.05. The van der Waals surface area contributed by atoms with E-state index in [1.807, 2.05) is 13.0 Å². The van der Waals surface area contributed by atoms with Crippen molar-refractivity contribution in [2.75, 3.05) is 0 Å². The minimum absolute atomic E-state index is 0.0971. The molecule has 0 aliphatic carbocycles. The van der Waals surface area contributed by atoms with Crippen LogP contribution in [0, 0.1) is 27.7 Å². The molecule has 0 N–H and O–H groups in total. The first kappa shape index (κ1) is 13.9. The number of esters is 1. The number of aryl methyl sites for hydroxylation is 4. The Labute approximate surface area is 125 Å². The predicted octanol–water partition coefficient (Wildman–Crippen LogP) is 4.36. The molecule has 0 bridgehead atoms. The van der Waals surface area contributed by atoms with Gasteiger partial charge in [0.2, 0.25) is 0 Å². The van der Waals surface area contributed by atoms with E-state index in [1.54, 1.807) is 0 Å². The maximum absolute atomic E-state index is 11.9. The van der Waals surface area contributed by atoms with Gasteiger partial charge in [0.15, 0.2) is 0 Å². The fourth-order valence-electron chi connectivity index (χ4n) is 2.89. The van der Waals surface area contributed by atoms with E-state index in [0.717, 1.165) is 16.9 Å². The minimum atomic E-state index is -0.144. The maximum Gasteiger partial charge on any atom is 0.312 e. The average Bonchev–Trinajstić information content (AvgIpc) is 2.43. The molecule has 0 radical (unpaired) electrons. The van der Waals surface area contributed by atoms with Crippen LogP contribution in [0.4, 0.5) is 0 Å². The van der Waals surface area contributed by atoms with Crippen molar-refractivity contribution in [3.63, 3.8) is 0 Å². The molecule has 1 heterocycles. The number of rotatable bonds is 1. The van der Waals surface area contributed by atoms with E-state index in [1.165, 1.54) is 22.3 Å². The van der Waals surface area contributed by atoms with Crippen LogP contribution in [0.5, 0.6) is 5.75 Å². The average molecular weight is 280 g/mol. The van der Waals surface area contributed by atoms with Gasteiger partial charge in [-0.3, -0.25) is 4.79 Å². The van der Waals surface area contributed by atoms with E-state index >= 15 is 0 Å². The van der Waals surface area contributed by atoms with Crippen LogP contribution in [0.15, 0.2) is 30.3 Å². The Kier molecular flexibility index (Phi) is 3.32. The predicted molar refractivity (Wildman–Crippen MR) is 83.9 cm³/mol. The highest BCUT2D eigenvalue weighted by atomic mass is 16.5. The van der Waals surface area contributed by atoms with Gasteiger partial charge < -0.3 is 4.74 Å². The molecule has 0 aromatic heterocycles. The summed E-state index contributed by atoms with van der Waals surface area (Å²) in [6, 6.07) is 10.6. The summed E-state index contributed by atoms with van der Waals surface area (Å²) in [7, 11) is 0. The summed E-state index contributed by atoms with van der Waals surface area (Å²) in [5, 5.41) is 0. The van der Waals surface area contributed by atoms with Crippen molar-refractivity contribution in [3.8, 4) is 5.75 Å². The summed E-state index contributed by atoms with van der Waals surface area (Å²) in [4.78, 5) is 11.9. The van der Waals surface area contributed by atoms with E-state index in [4.69, 9.17) is 4.74 Å². The Morgan fingerprint density at radius 1 is 0.905 bits per heavy atom. The monoisotopic (exact) mass is 280 g/mol. The van der Waals surface area contributed by atoms with Gasteiger partial charge in [-0.1, -0.05) is 24.3 Å². The molecule has 0 saturated heterocycles. The summed E-state index contributed by atoms with van der Waals surface area (Å²) >= 11 is 0. The topological polar surface area (TPSA) is 26.3 Å². The van der Waals surface area contributed by atoms with Gasteiger partial charge in [0.1, 0.15) is 5.75 Å². The molecule has 1 atom stereocenters. The lowest BCUT2D eigenvalue weighted by Crippen LogP contribution is -2.21. The summed E-state index contributed by atoms with van der Waals surface area (Å²) in [5.74, 6) is 0.673. The quantitative estimate of drug-likeness (QED) is 0.573. The Morgan fingerprint density at radius 3 is 2.29 bits per heavy atom. The standard InChI is InChI=1S/C19H20O2/c1-11-5-6-15(7-12(11)2)16-10-19(20)21-18-9-14(4)13(3)8-17(16)18/h5-9,16H,10H2,1-4H3. The smallest absolute Gasteiger partial charge is 0.312 e. The molecule has 2 aromatic rings. The van der Waals surface area contributed by atoms with Crippen LogP contribution in [-0.4, -0.2) is 5.97 Å². The number of carbonyl (C=O) groups excluding carboxylic acids is 1. The summed E-state index contributed by atoms with van der Waals surface area (Å²) in [6.45, 7) is 8.36. The van der Waals surface area contributed by atoms with Crippen LogP contribution in [-0.2, 0) is 4.79 Å². The molecule has 1 unspecified atom stereocenters. The molecule has 2 aromatic carbocycles. The van der Waals surface area contributed by atoms with Crippen molar-refractivity contribution in [3.05, 3.63) is 63.7 Å². The molecule has 2 nitrogen and oxygen atoms in total. The molecule has 3 rings (SSSR count). The number of ether oxygens (including phenoxy) is 1. The lowest BCUT2D eigenvalue weighted by Gasteiger charge is -2.26. The number of hydrogen-bond acceptors (Lipinski definition) is 2. The normalized spacial score (nSPS) is 17.3. The van der Waals surface area contributed by atoms with Crippen LogP contribution in [0.2, 0.25) is 0 Å². The first-order chi connectivity index (χ1) is 9.95. The number of carbonyl (C=O) groups is 1. The Morgan fingerprint density at radius 2 is 1.57 bits per heavy atom. The largest absolute Gasteiger partial charge is 0.426 e. The van der Waals surface area contributed by atoms with E-state index in [9.17, 15) is 4.79 Å². The van der Waals surface area contributed by atoms with E-state index < -0.39 is 0 Å². The number of benzene rings is 2. The SMILES string of the molecule is Cc1ccc(C2CC(=O)Oc3cc(C)c(C)cc32)cc1C. The molecule has 0 fully saturated rings. The molecule has 0 saturated carbocycles. The van der Waals surface area contributed by atoms with Gasteiger partial charge in [0.05, 0.1) is 6.42 Å². The molecule has 1 aliphatic rings. The van der Waals surface area contributed by atoms with Gasteiger partial charge in [-0.15, -0.1) is 0 Å². The minimum Gasteiger partial charge on any atom is -0.426 e. The number of fused-ring (bicyclic) bond motifs is 1. The van der Waals surface area contributed by atoms with Crippen molar-refractivity contribution in [1.29, 1.82) is 0 Å². The Balaban J connectivity index is 2.14. The zero-order chi connectivity index (χ0) is 15.1. The molecule has 21 heavy (non-hydrogen) atoms. The van der Waals surface area contributed by atoms with E-state index in [-0.39, 0.29) is 11.9 Å². The van der Waals surface area contributed by atoms with Crippen molar-refractivity contribution >= 4 is 5.97 Å². The highest BCUT2D eigenvalue weighted by molar-refractivity contribution is 5.78. The summed E-state index contributed by atoms with van der Waals surface area (Å²) in [5.41, 5.74) is 7.25. The van der Waals surface area contributed by atoms with E-state index in [2.05, 4.69) is 45.0 Å². The fourth-order valence-corrected chi connectivity index (χ4v) is 2.89. The van der Waals surface area contributed by atoms with E-state index in [0.29, 0.717) is 6.42 Å². The first-order valence-corrected chi connectivity index (χ1v) is 7.34. The molecule has 1 aliphatic heterocycles. The highest BCUT2D eigenvalue weighted by Gasteiger charge is 2.29. The third-order valence-electron chi connectivity index (χ3n) is 4.53. The van der Waals surface area contributed by atoms with Crippen molar-refractivity contribution in [1.82, 2.24) is 0 Å². The summed E-state index contributed by atoms with van der Waals surface area (Å²) in [6.07, 6.45) is 0.415. The van der Waals surface area contributed by atoms with Crippen molar-refractivity contribution < 1.29 is 9.53 Å². The zero-order valence-corrected chi connectivity index (χ0v) is 13.0. The molecule has 0 amide bonds. The van der Waals surface area contributed by atoms with Crippen LogP contribution in [0.25, 0.3) is 0 Å². The zero-order valence-electron chi connectivity index (χ0n) is 13.0. The third-order valence-corrected chi connectivity index (χ3v) is 4.53. The lowest BCUT2D eigenvalue weighted by atomic mass is 9.84. The van der Waals surface area contributed by atoms with Gasteiger partial charge in [-0.05, 0) is 61.6 Å². The third kappa shape index (κ3) is 2.46.